The average molecular weight is 1370 g/mol. The summed E-state index contributed by atoms with van der Waals surface area (Å²) in [5, 5.41) is 10.6. The number of aliphatic hydroxyl groups excluding tert-OH is 1. The van der Waals surface area contributed by atoms with Crippen LogP contribution in [0.5, 0.6) is 0 Å². The summed E-state index contributed by atoms with van der Waals surface area (Å²) in [5.74, 6) is -2.19. The van der Waals surface area contributed by atoms with Crippen LogP contribution < -0.4 is 0 Å². The van der Waals surface area contributed by atoms with E-state index in [0.717, 1.165) is 148 Å². The molecule has 0 amide bonds. The lowest BCUT2D eigenvalue weighted by Crippen LogP contribution is -2.30. The van der Waals surface area contributed by atoms with Crippen LogP contribution in [0.2, 0.25) is 0 Å². The summed E-state index contributed by atoms with van der Waals surface area (Å²) in [7, 11) is -9.93. The molecule has 5 atom stereocenters. The second kappa shape index (κ2) is 68.3. The van der Waals surface area contributed by atoms with E-state index in [9.17, 15) is 43.2 Å². The standard InChI is InChI=1S/C75H136O17P2/c1-5-9-13-17-21-25-29-32-34-37-40-43-47-51-55-59-72(77)85-65-70(91-74(79)61-57-53-49-45-39-28-24-20-16-12-8-4)67-89-93(81,82)87-63-69(76)64-88-94(83,84)90-68-71(92-75(80)62-58-54-50-46-42-36-31-27-23-19-15-11-7-3)66-86-73(78)60-56-52-48-44-41-38-35-33-30-26-22-18-14-10-6-2/h9,13,20-21,24-25,27,31-32,34,69-71,76H,5-8,10-12,14-19,22-23,26,28-30,33,35-68H2,1-4H3,(H,81,82)(H,83,84)/b13-9-,24-20-,25-21-,31-27-,34-32-. The maximum absolute atomic E-state index is 13.0. The highest BCUT2D eigenvalue weighted by Crippen LogP contribution is 2.45. The summed E-state index contributed by atoms with van der Waals surface area (Å²) < 4.78 is 68.4. The minimum absolute atomic E-state index is 0.0834. The third-order valence-electron chi connectivity index (χ3n) is 16.0. The quantitative estimate of drug-likeness (QED) is 0.0169. The van der Waals surface area contributed by atoms with Crippen molar-refractivity contribution < 1.29 is 80.2 Å². The molecule has 3 N–H and O–H groups in total. The van der Waals surface area contributed by atoms with Crippen LogP contribution in [0, 0.1) is 0 Å². The van der Waals surface area contributed by atoms with E-state index < -0.39 is 97.5 Å². The second-order valence-electron chi connectivity index (χ2n) is 25.2. The molecule has 94 heavy (non-hydrogen) atoms. The molecule has 0 saturated heterocycles. The first kappa shape index (κ1) is 90.8. The second-order valence-corrected chi connectivity index (χ2v) is 28.1. The zero-order chi connectivity index (χ0) is 69.0. The van der Waals surface area contributed by atoms with Crippen molar-refractivity contribution in [1.82, 2.24) is 0 Å². The van der Waals surface area contributed by atoms with E-state index >= 15 is 0 Å². The van der Waals surface area contributed by atoms with Gasteiger partial charge in [-0.1, -0.05) is 268 Å². The lowest BCUT2D eigenvalue weighted by molar-refractivity contribution is -0.161. The number of carbonyl (C=O) groups is 4. The Bertz CT molecular complexity index is 2030. The largest absolute Gasteiger partial charge is 0.472 e. The van der Waals surface area contributed by atoms with Crippen LogP contribution in [-0.4, -0.2) is 96.7 Å². The topological polar surface area (TPSA) is 237 Å². The van der Waals surface area contributed by atoms with Crippen LogP contribution in [0.15, 0.2) is 60.8 Å². The number of ether oxygens (including phenoxy) is 4. The van der Waals surface area contributed by atoms with Gasteiger partial charge in [-0.15, -0.1) is 0 Å². The summed E-state index contributed by atoms with van der Waals surface area (Å²) in [5.41, 5.74) is 0. The Morgan fingerprint density at radius 2 is 0.564 bits per heavy atom. The molecule has 0 heterocycles. The van der Waals surface area contributed by atoms with Crippen LogP contribution in [0.4, 0.5) is 0 Å². The van der Waals surface area contributed by atoms with Gasteiger partial charge in [-0.05, 0) is 103 Å². The van der Waals surface area contributed by atoms with E-state index in [2.05, 4.69) is 88.5 Å². The molecule has 0 rings (SSSR count). The van der Waals surface area contributed by atoms with Gasteiger partial charge in [-0.3, -0.25) is 37.3 Å². The molecule has 0 radical (unpaired) electrons. The molecule has 0 saturated carbocycles. The number of hydrogen-bond donors (Lipinski definition) is 3. The number of esters is 4. The van der Waals surface area contributed by atoms with Crippen molar-refractivity contribution in [3.05, 3.63) is 60.8 Å². The van der Waals surface area contributed by atoms with Crippen molar-refractivity contribution in [2.24, 2.45) is 0 Å². The third-order valence-corrected chi connectivity index (χ3v) is 17.9. The first-order valence-corrected chi connectivity index (χ1v) is 40.5. The number of hydrogen-bond acceptors (Lipinski definition) is 15. The van der Waals surface area contributed by atoms with Crippen molar-refractivity contribution in [3.63, 3.8) is 0 Å². The van der Waals surface area contributed by atoms with Gasteiger partial charge in [0.25, 0.3) is 0 Å². The van der Waals surface area contributed by atoms with E-state index in [-0.39, 0.29) is 25.7 Å². The van der Waals surface area contributed by atoms with E-state index in [1.165, 1.54) is 109 Å². The fraction of sp³-hybridized carbons (Fsp3) is 0.813. The van der Waals surface area contributed by atoms with E-state index in [1.807, 2.05) is 0 Å². The fourth-order valence-corrected chi connectivity index (χ4v) is 11.8. The van der Waals surface area contributed by atoms with Crippen molar-refractivity contribution in [2.45, 2.75) is 354 Å². The van der Waals surface area contributed by atoms with Crippen LogP contribution in [0.25, 0.3) is 0 Å². The summed E-state index contributed by atoms with van der Waals surface area (Å²) in [6.07, 6.45) is 65.0. The Morgan fingerprint density at radius 1 is 0.309 bits per heavy atom. The molecule has 0 aliphatic carbocycles. The molecule has 548 valence electrons. The Hall–Kier alpha value is -3.24. The predicted molar refractivity (Wildman–Crippen MR) is 381 cm³/mol. The molecule has 0 aliphatic rings. The number of allylic oxidation sites excluding steroid dienone is 10. The molecule has 5 unspecified atom stereocenters. The van der Waals surface area contributed by atoms with Crippen LogP contribution in [0.3, 0.4) is 0 Å². The van der Waals surface area contributed by atoms with Gasteiger partial charge in [0, 0.05) is 25.7 Å². The summed E-state index contributed by atoms with van der Waals surface area (Å²) >= 11 is 0. The van der Waals surface area contributed by atoms with Crippen molar-refractivity contribution >= 4 is 39.5 Å². The lowest BCUT2D eigenvalue weighted by Gasteiger charge is -2.21. The molecular weight excluding hydrogens is 1230 g/mol. The van der Waals surface area contributed by atoms with Crippen molar-refractivity contribution in [3.8, 4) is 0 Å². The van der Waals surface area contributed by atoms with Gasteiger partial charge in [-0.25, -0.2) is 9.13 Å². The highest BCUT2D eigenvalue weighted by molar-refractivity contribution is 7.47. The Morgan fingerprint density at radius 3 is 0.904 bits per heavy atom. The molecule has 0 bridgehead atoms. The van der Waals surface area contributed by atoms with Crippen LogP contribution in [-0.2, 0) is 65.4 Å². The fourth-order valence-electron chi connectivity index (χ4n) is 10.2. The molecular formula is C75H136O17P2. The van der Waals surface area contributed by atoms with E-state index in [0.29, 0.717) is 25.7 Å². The van der Waals surface area contributed by atoms with Gasteiger partial charge in [0.2, 0.25) is 0 Å². The summed E-state index contributed by atoms with van der Waals surface area (Å²) in [4.78, 5) is 72.7. The van der Waals surface area contributed by atoms with E-state index in [4.69, 9.17) is 37.0 Å². The maximum Gasteiger partial charge on any atom is 0.472 e. The number of unbranched alkanes of at least 4 members (excludes halogenated alkanes) is 35. The predicted octanol–water partition coefficient (Wildman–Crippen LogP) is 21.1. The Kier molecular flexibility index (Phi) is 65.9. The minimum Gasteiger partial charge on any atom is -0.462 e. The van der Waals surface area contributed by atoms with Gasteiger partial charge in [0.15, 0.2) is 12.2 Å². The summed E-state index contributed by atoms with van der Waals surface area (Å²) in [6, 6.07) is 0. The Balaban J connectivity index is 5.30. The third kappa shape index (κ3) is 67.3. The highest BCUT2D eigenvalue weighted by atomic mass is 31.2. The highest BCUT2D eigenvalue weighted by Gasteiger charge is 2.30. The average Bonchev–Trinajstić information content (AvgIpc) is 1.35. The molecule has 0 aromatic rings. The molecule has 17 nitrogen and oxygen atoms in total. The van der Waals surface area contributed by atoms with Crippen molar-refractivity contribution in [1.29, 1.82) is 0 Å². The zero-order valence-electron chi connectivity index (χ0n) is 59.6. The monoisotopic (exact) mass is 1370 g/mol. The Labute approximate surface area is 571 Å². The maximum atomic E-state index is 13.0. The van der Waals surface area contributed by atoms with Gasteiger partial charge < -0.3 is 33.8 Å². The molecule has 0 spiro atoms. The molecule has 0 aromatic heterocycles. The van der Waals surface area contributed by atoms with E-state index in [1.54, 1.807) is 0 Å². The van der Waals surface area contributed by atoms with Gasteiger partial charge >= 0.3 is 39.5 Å². The SMILES string of the molecule is CC/C=C\C/C=C\C/C=C\CCCCCCCC(=O)OCC(COP(=O)(O)OCC(O)COP(=O)(O)OCC(COC(=O)CCCCCCCCCCCCCCCCC)OC(=O)CCCCCCC/C=C\CCCCCC)OC(=O)CCCCCCC/C=C\CCCC. The van der Waals surface area contributed by atoms with Crippen LogP contribution >= 0.6 is 15.6 Å². The van der Waals surface area contributed by atoms with Gasteiger partial charge in [0.05, 0.1) is 26.4 Å². The molecule has 0 aliphatic heterocycles. The first-order valence-electron chi connectivity index (χ1n) is 37.5. The van der Waals surface area contributed by atoms with Gasteiger partial charge in [-0.2, -0.15) is 0 Å². The molecule has 19 heteroatoms. The van der Waals surface area contributed by atoms with Crippen LogP contribution in [0.1, 0.15) is 336 Å². The van der Waals surface area contributed by atoms with Gasteiger partial charge in [0.1, 0.15) is 19.3 Å². The first-order chi connectivity index (χ1) is 45.7. The lowest BCUT2D eigenvalue weighted by atomic mass is 10.0. The number of phosphoric ester groups is 2. The number of rotatable bonds is 71. The minimum atomic E-state index is -4.97. The zero-order valence-corrected chi connectivity index (χ0v) is 61.4. The number of phosphoric acid groups is 2. The summed E-state index contributed by atoms with van der Waals surface area (Å²) in [6.45, 7) is 4.71. The smallest absolute Gasteiger partial charge is 0.462 e. The normalized spacial score (nSPS) is 14.3. The molecule has 0 fully saturated rings. The number of carbonyl (C=O) groups excluding carboxylic acids is 4. The molecule has 0 aromatic carbocycles. The van der Waals surface area contributed by atoms with Crippen molar-refractivity contribution in [2.75, 3.05) is 39.6 Å². The number of aliphatic hydroxyl groups is 1.